The molecule has 0 heterocycles. The van der Waals surface area contributed by atoms with Gasteiger partial charge in [0.05, 0.1) is 24.4 Å². The Morgan fingerprint density at radius 3 is 2.24 bits per heavy atom. The van der Waals surface area contributed by atoms with Gasteiger partial charge in [0.2, 0.25) is 0 Å². The molecule has 0 spiro atoms. The third kappa shape index (κ3) is 5.88. The van der Waals surface area contributed by atoms with E-state index >= 15 is 0 Å². The summed E-state index contributed by atoms with van der Waals surface area (Å²) in [5.74, 6) is 0.875. The van der Waals surface area contributed by atoms with Gasteiger partial charge >= 0.3 is 0 Å². The Bertz CT molecular complexity index is 215. The van der Waals surface area contributed by atoms with Crippen molar-refractivity contribution in [3.05, 3.63) is 0 Å². The lowest BCUT2D eigenvalue weighted by molar-refractivity contribution is -0.0979. The summed E-state index contributed by atoms with van der Waals surface area (Å²) >= 11 is 2.47. The molecule has 102 valence electrons. The Kier molecular flexibility index (Phi) is 6.20. The number of halogens is 1. The molecule has 0 aromatic heterocycles. The van der Waals surface area contributed by atoms with E-state index in [1.165, 1.54) is 25.7 Å². The molecule has 0 radical (unpaired) electrons. The predicted molar refractivity (Wildman–Crippen MR) is 80.9 cm³/mol. The van der Waals surface area contributed by atoms with E-state index in [1.54, 1.807) is 0 Å². The summed E-state index contributed by atoms with van der Waals surface area (Å²) in [6.07, 6.45) is 5.05. The van der Waals surface area contributed by atoms with Gasteiger partial charge in [-0.1, -0.05) is 29.5 Å². The van der Waals surface area contributed by atoms with E-state index in [1.807, 2.05) is 0 Å². The summed E-state index contributed by atoms with van der Waals surface area (Å²) < 4.78 is 12.9. The van der Waals surface area contributed by atoms with Crippen molar-refractivity contribution in [1.82, 2.24) is 0 Å². The van der Waals surface area contributed by atoms with E-state index < -0.39 is 0 Å². The molecule has 0 unspecified atom stereocenters. The average molecular weight is 354 g/mol. The summed E-state index contributed by atoms with van der Waals surface area (Å²) in [6, 6.07) is 0. The molecule has 0 atom stereocenters. The maximum Gasteiger partial charge on any atom is 0.0772 e. The third-order valence-electron chi connectivity index (χ3n) is 3.46. The fourth-order valence-electron chi connectivity index (χ4n) is 2.21. The van der Waals surface area contributed by atoms with Crippen LogP contribution >= 0.6 is 22.6 Å². The second kappa shape index (κ2) is 6.71. The summed E-state index contributed by atoms with van der Waals surface area (Å²) in [6.45, 7) is 10.0. The second-order valence-electron chi connectivity index (χ2n) is 6.31. The molecule has 1 fully saturated rings. The van der Waals surface area contributed by atoms with Gasteiger partial charge in [-0.05, 0) is 52.4 Å². The molecule has 3 heteroatoms. The van der Waals surface area contributed by atoms with Crippen molar-refractivity contribution in [1.29, 1.82) is 0 Å². The van der Waals surface area contributed by atoms with Crippen molar-refractivity contribution in [3.63, 3.8) is 0 Å². The number of hydrogen-bond donors (Lipinski definition) is 0. The van der Waals surface area contributed by atoms with E-state index in [-0.39, 0.29) is 11.2 Å². The zero-order valence-electron chi connectivity index (χ0n) is 11.7. The van der Waals surface area contributed by atoms with Gasteiger partial charge in [-0.2, -0.15) is 0 Å². The van der Waals surface area contributed by atoms with Crippen LogP contribution in [-0.4, -0.2) is 28.8 Å². The summed E-state index contributed by atoms with van der Waals surface area (Å²) in [5.41, 5.74) is 0.0796. The van der Waals surface area contributed by atoms with Crippen LogP contribution in [0.15, 0.2) is 0 Å². The van der Waals surface area contributed by atoms with Crippen molar-refractivity contribution in [2.24, 2.45) is 5.92 Å². The zero-order chi connectivity index (χ0) is 12.9. The van der Waals surface area contributed by atoms with Crippen molar-refractivity contribution >= 4 is 22.6 Å². The number of rotatable bonds is 5. The van der Waals surface area contributed by atoms with Crippen LogP contribution in [-0.2, 0) is 9.47 Å². The molecular weight excluding hydrogens is 327 g/mol. The normalized spacial score (nSPS) is 30.5. The smallest absolute Gasteiger partial charge is 0.0772 e. The van der Waals surface area contributed by atoms with E-state index in [0.717, 1.165) is 17.0 Å². The predicted octanol–water partition coefficient (Wildman–Crippen LogP) is 4.20. The minimum atomic E-state index is -0.0536. The molecule has 0 aromatic rings. The highest BCUT2D eigenvalue weighted by Gasteiger charge is 2.34. The van der Waals surface area contributed by atoms with E-state index in [4.69, 9.17) is 9.47 Å². The van der Waals surface area contributed by atoms with Crippen molar-refractivity contribution in [3.8, 4) is 0 Å². The zero-order valence-corrected chi connectivity index (χ0v) is 13.9. The quantitative estimate of drug-likeness (QED) is 0.419. The highest BCUT2D eigenvalue weighted by atomic mass is 127. The van der Waals surface area contributed by atoms with E-state index in [0.29, 0.717) is 6.61 Å². The number of alkyl halides is 1. The van der Waals surface area contributed by atoms with Crippen LogP contribution in [0.5, 0.6) is 0 Å². The van der Waals surface area contributed by atoms with Gasteiger partial charge in [0.25, 0.3) is 0 Å². The molecule has 0 aromatic carbocycles. The first-order valence-corrected chi connectivity index (χ1v) is 8.23. The molecule has 2 nitrogen and oxygen atoms in total. The Labute approximate surface area is 120 Å². The lowest BCUT2D eigenvalue weighted by atomic mass is 9.80. The molecule has 0 N–H and O–H groups in total. The van der Waals surface area contributed by atoms with Crippen LogP contribution in [0.4, 0.5) is 0 Å². The minimum Gasteiger partial charge on any atom is -0.373 e. The van der Waals surface area contributed by atoms with Crippen molar-refractivity contribution in [2.75, 3.05) is 17.6 Å². The molecule has 0 bridgehead atoms. The molecular formula is C14H27IO2. The van der Waals surface area contributed by atoms with Gasteiger partial charge in [0.15, 0.2) is 0 Å². The van der Waals surface area contributed by atoms with Crippen LogP contribution in [0, 0.1) is 5.92 Å². The SMILES string of the molecule is CC1CCC(CI)(OCCOC(C)(C)C)CC1. The molecule has 1 saturated carbocycles. The van der Waals surface area contributed by atoms with Crippen LogP contribution in [0.25, 0.3) is 0 Å². The highest BCUT2D eigenvalue weighted by molar-refractivity contribution is 14.1. The van der Waals surface area contributed by atoms with Gasteiger partial charge in [-0.15, -0.1) is 0 Å². The van der Waals surface area contributed by atoms with Gasteiger partial charge in [-0.3, -0.25) is 0 Å². The molecule has 0 amide bonds. The van der Waals surface area contributed by atoms with Crippen molar-refractivity contribution < 1.29 is 9.47 Å². The Morgan fingerprint density at radius 1 is 1.18 bits per heavy atom. The molecule has 1 aliphatic rings. The first-order valence-electron chi connectivity index (χ1n) is 6.71. The first kappa shape index (κ1) is 15.7. The van der Waals surface area contributed by atoms with Gasteiger partial charge in [0, 0.05) is 4.43 Å². The van der Waals surface area contributed by atoms with Gasteiger partial charge in [-0.25, -0.2) is 0 Å². The second-order valence-corrected chi connectivity index (χ2v) is 7.07. The van der Waals surface area contributed by atoms with Crippen LogP contribution in [0.2, 0.25) is 0 Å². The topological polar surface area (TPSA) is 18.5 Å². The summed E-state index contributed by atoms with van der Waals surface area (Å²) in [5, 5.41) is 0. The van der Waals surface area contributed by atoms with Crippen molar-refractivity contribution in [2.45, 2.75) is 64.6 Å². The molecule has 1 aliphatic carbocycles. The fourth-order valence-corrected chi connectivity index (χ4v) is 3.19. The Hall–Kier alpha value is 0.650. The first-order chi connectivity index (χ1) is 7.87. The number of ether oxygens (including phenoxy) is 2. The fraction of sp³-hybridized carbons (Fsp3) is 1.00. The van der Waals surface area contributed by atoms with E-state index in [9.17, 15) is 0 Å². The van der Waals surface area contributed by atoms with E-state index in [2.05, 4.69) is 50.3 Å². The molecule has 0 aliphatic heterocycles. The summed E-state index contributed by atoms with van der Waals surface area (Å²) in [4.78, 5) is 0. The number of hydrogen-bond acceptors (Lipinski definition) is 2. The maximum atomic E-state index is 6.13. The highest BCUT2D eigenvalue weighted by Crippen LogP contribution is 2.36. The Balaban J connectivity index is 2.27. The third-order valence-corrected chi connectivity index (χ3v) is 4.85. The monoisotopic (exact) mass is 354 g/mol. The summed E-state index contributed by atoms with van der Waals surface area (Å²) in [7, 11) is 0. The molecule has 17 heavy (non-hydrogen) atoms. The Morgan fingerprint density at radius 2 is 1.76 bits per heavy atom. The molecule has 0 saturated heterocycles. The maximum absolute atomic E-state index is 6.13. The van der Waals surface area contributed by atoms with Gasteiger partial charge in [0.1, 0.15) is 0 Å². The van der Waals surface area contributed by atoms with Crippen LogP contribution in [0.3, 0.4) is 0 Å². The van der Waals surface area contributed by atoms with Crippen LogP contribution < -0.4 is 0 Å². The standard InChI is InChI=1S/C14H27IO2/c1-12-5-7-14(11-15,8-6-12)17-10-9-16-13(2,3)4/h12H,5-11H2,1-4H3. The lowest BCUT2D eigenvalue weighted by Gasteiger charge is -2.38. The minimum absolute atomic E-state index is 0.0536. The largest absolute Gasteiger partial charge is 0.373 e. The average Bonchev–Trinajstić information content (AvgIpc) is 2.26. The lowest BCUT2D eigenvalue weighted by Crippen LogP contribution is -2.39. The van der Waals surface area contributed by atoms with Gasteiger partial charge < -0.3 is 9.47 Å². The molecule has 1 rings (SSSR count). The van der Waals surface area contributed by atoms with Crippen LogP contribution in [0.1, 0.15) is 53.4 Å².